The molecule has 2 aromatic rings. The van der Waals surface area contributed by atoms with Crippen molar-refractivity contribution in [2.24, 2.45) is 0 Å². The van der Waals surface area contributed by atoms with Crippen LogP contribution in [0.5, 0.6) is 0 Å². The summed E-state index contributed by atoms with van der Waals surface area (Å²) < 4.78 is 0.474. The first-order valence-electron chi connectivity index (χ1n) is 8.63. The van der Waals surface area contributed by atoms with Gasteiger partial charge in [0.1, 0.15) is 4.32 Å². The predicted molar refractivity (Wildman–Crippen MR) is 120 cm³/mol. The summed E-state index contributed by atoms with van der Waals surface area (Å²) in [6, 6.07) is 9.91. The number of anilines is 1. The summed E-state index contributed by atoms with van der Waals surface area (Å²) >= 11 is 7.97. The number of nitrogens with zero attached hydrogens (tertiary/aromatic N) is 2. The van der Waals surface area contributed by atoms with E-state index in [1.54, 1.807) is 0 Å². The molecule has 0 radical (unpaired) electrons. The van der Waals surface area contributed by atoms with Gasteiger partial charge in [-0.1, -0.05) is 60.4 Å². The molecule has 144 valence electrons. The maximum Gasteiger partial charge on any atom is 0.266 e. The topological polar surface area (TPSA) is 62.3 Å². The highest BCUT2D eigenvalue weighted by Gasteiger charge is 2.32. The van der Waals surface area contributed by atoms with E-state index in [2.05, 4.69) is 10.3 Å². The minimum Gasteiger partial charge on any atom is -0.302 e. The lowest BCUT2D eigenvalue weighted by Crippen LogP contribution is -2.31. The van der Waals surface area contributed by atoms with E-state index in [1.807, 2.05) is 61.7 Å². The SMILES string of the molecule is CC(=Cc1ccccc1)C=C1SC(=S)N(CCC(=O)Nc2nc(C)cs2)C1=O. The number of thiazole rings is 1. The number of hydrogen-bond acceptors (Lipinski definition) is 6. The molecule has 0 saturated carbocycles. The quantitative estimate of drug-likeness (QED) is 0.536. The number of carbonyl (C=O) groups excluding carboxylic acids is 2. The minimum atomic E-state index is -0.187. The molecule has 0 spiro atoms. The predicted octanol–water partition coefficient (Wildman–Crippen LogP) is 4.63. The van der Waals surface area contributed by atoms with Crippen LogP contribution in [0.2, 0.25) is 0 Å². The number of hydrogen-bond donors (Lipinski definition) is 1. The lowest BCUT2D eigenvalue weighted by atomic mass is 10.1. The smallest absolute Gasteiger partial charge is 0.266 e. The fourth-order valence-corrected chi connectivity index (χ4v) is 4.62. The molecule has 1 N–H and O–H groups in total. The number of amides is 2. The summed E-state index contributed by atoms with van der Waals surface area (Å²) in [6.07, 6.45) is 4.01. The third-order valence-corrected chi connectivity index (χ3v) is 6.11. The molecule has 3 rings (SSSR count). The first-order valence-corrected chi connectivity index (χ1v) is 10.7. The molecule has 1 fully saturated rings. The van der Waals surface area contributed by atoms with Gasteiger partial charge < -0.3 is 5.32 Å². The van der Waals surface area contributed by atoms with Gasteiger partial charge in [-0.25, -0.2) is 4.98 Å². The van der Waals surface area contributed by atoms with Crippen LogP contribution in [0.3, 0.4) is 0 Å². The number of thiocarbonyl (C=S) groups is 1. The monoisotopic (exact) mass is 429 g/mol. The molecule has 1 aromatic heterocycles. The summed E-state index contributed by atoms with van der Waals surface area (Å²) in [7, 11) is 0. The Labute approximate surface area is 177 Å². The van der Waals surface area contributed by atoms with E-state index in [0.717, 1.165) is 16.8 Å². The van der Waals surface area contributed by atoms with E-state index < -0.39 is 0 Å². The number of benzene rings is 1. The third-order valence-electron chi connectivity index (χ3n) is 3.85. The Morgan fingerprint density at radius 2 is 2.07 bits per heavy atom. The van der Waals surface area contributed by atoms with Crippen molar-refractivity contribution in [3.05, 3.63) is 63.5 Å². The van der Waals surface area contributed by atoms with Gasteiger partial charge in [0.25, 0.3) is 5.91 Å². The number of thioether (sulfide) groups is 1. The zero-order chi connectivity index (χ0) is 20.1. The average molecular weight is 430 g/mol. The van der Waals surface area contributed by atoms with E-state index in [9.17, 15) is 9.59 Å². The van der Waals surface area contributed by atoms with Crippen LogP contribution < -0.4 is 5.32 Å². The van der Waals surface area contributed by atoms with Crippen LogP contribution in [-0.2, 0) is 9.59 Å². The van der Waals surface area contributed by atoms with Crippen molar-refractivity contribution in [3.63, 3.8) is 0 Å². The largest absolute Gasteiger partial charge is 0.302 e. The summed E-state index contributed by atoms with van der Waals surface area (Å²) in [5.74, 6) is -0.346. The Morgan fingerprint density at radius 1 is 1.32 bits per heavy atom. The first-order chi connectivity index (χ1) is 13.4. The van der Waals surface area contributed by atoms with Crippen LogP contribution in [0.25, 0.3) is 6.08 Å². The van der Waals surface area contributed by atoms with Crippen molar-refractivity contribution in [2.45, 2.75) is 20.3 Å². The molecule has 1 aromatic carbocycles. The number of carbonyl (C=O) groups is 2. The highest BCUT2D eigenvalue weighted by atomic mass is 32.2. The molecule has 0 bridgehead atoms. The Bertz CT molecular complexity index is 964. The van der Waals surface area contributed by atoms with Crippen molar-refractivity contribution in [2.75, 3.05) is 11.9 Å². The molecule has 1 saturated heterocycles. The van der Waals surface area contributed by atoms with Gasteiger partial charge in [0.05, 0.1) is 10.6 Å². The van der Waals surface area contributed by atoms with E-state index in [0.29, 0.717) is 14.4 Å². The minimum absolute atomic E-state index is 0.159. The molecule has 8 heteroatoms. The van der Waals surface area contributed by atoms with Crippen molar-refractivity contribution >= 4 is 62.7 Å². The number of allylic oxidation sites excluding steroid dienone is 2. The molecule has 0 unspecified atom stereocenters. The molecule has 0 atom stereocenters. The number of nitrogens with one attached hydrogen (secondary N) is 1. The highest BCUT2D eigenvalue weighted by molar-refractivity contribution is 8.26. The van der Waals surface area contributed by atoms with Crippen LogP contribution >= 0.6 is 35.3 Å². The molecule has 2 heterocycles. The van der Waals surface area contributed by atoms with Gasteiger partial charge in [0.15, 0.2) is 5.13 Å². The summed E-state index contributed by atoms with van der Waals surface area (Å²) in [5, 5.41) is 5.18. The summed E-state index contributed by atoms with van der Waals surface area (Å²) in [4.78, 5) is 31.0. The zero-order valence-corrected chi connectivity index (χ0v) is 17.9. The Kier molecular flexibility index (Phi) is 6.77. The van der Waals surface area contributed by atoms with Crippen molar-refractivity contribution in [1.82, 2.24) is 9.88 Å². The number of aryl methyl sites for hydroxylation is 1. The molecule has 0 aliphatic carbocycles. The Morgan fingerprint density at radius 3 is 2.75 bits per heavy atom. The van der Waals surface area contributed by atoms with Crippen molar-refractivity contribution in [1.29, 1.82) is 0 Å². The van der Waals surface area contributed by atoms with E-state index in [4.69, 9.17) is 12.2 Å². The molecular weight excluding hydrogens is 410 g/mol. The lowest BCUT2D eigenvalue weighted by Gasteiger charge is -2.13. The normalized spacial score (nSPS) is 16.1. The van der Waals surface area contributed by atoms with Crippen LogP contribution in [0.1, 0.15) is 24.6 Å². The summed E-state index contributed by atoms with van der Waals surface area (Å²) in [5.41, 5.74) is 2.89. The molecule has 28 heavy (non-hydrogen) atoms. The summed E-state index contributed by atoms with van der Waals surface area (Å²) in [6.45, 7) is 4.06. The molecule has 2 amide bonds. The maximum absolute atomic E-state index is 12.7. The van der Waals surface area contributed by atoms with Crippen molar-refractivity contribution in [3.8, 4) is 0 Å². The third kappa shape index (κ3) is 5.37. The molecule has 1 aliphatic rings. The van der Waals surface area contributed by atoms with E-state index in [-0.39, 0.29) is 24.8 Å². The second-order valence-electron chi connectivity index (χ2n) is 6.22. The highest BCUT2D eigenvalue weighted by Crippen LogP contribution is 2.32. The number of aromatic nitrogens is 1. The molecule has 5 nitrogen and oxygen atoms in total. The van der Waals surface area contributed by atoms with E-state index in [1.165, 1.54) is 28.0 Å². The van der Waals surface area contributed by atoms with Crippen LogP contribution in [-0.4, -0.2) is 32.6 Å². The van der Waals surface area contributed by atoms with Crippen LogP contribution in [0.15, 0.2) is 52.3 Å². The van der Waals surface area contributed by atoms with Gasteiger partial charge in [-0.15, -0.1) is 11.3 Å². The van der Waals surface area contributed by atoms with Gasteiger partial charge >= 0.3 is 0 Å². The van der Waals surface area contributed by atoms with Gasteiger partial charge in [-0.2, -0.15) is 0 Å². The fraction of sp³-hybridized carbons (Fsp3) is 0.200. The Hall–Kier alpha value is -2.29. The van der Waals surface area contributed by atoms with Gasteiger partial charge in [0, 0.05) is 18.3 Å². The van der Waals surface area contributed by atoms with Gasteiger partial charge in [-0.05, 0) is 31.1 Å². The Balaban J connectivity index is 1.60. The van der Waals surface area contributed by atoms with E-state index >= 15 is 0 Å². The molecular formula is C20H19N3O2S3. The zero-order valence-electron chi connectivity index (χ0n) is 15.5. The molecule has 1 aliphatic heterocycles. The van der Waals surface area contributed by atoms with Gasteiger partial charge in [0.2, 0.25) is 5.91 Å². The van der Waals surface area contributed by atoms with Crippen molar-refractivity contribution < 1.29 is 9.59 Å². The second-order valence-corrected chi connectivity index (χ2v) is 8.76. The maximum atomic E-state index is 12.7. The average Bonchev–Trinajstić information content (AvgIpc) is 3.17. The van der Waals surface area contributed by atoms with Gasteiger partial charge in [-0.3, -0.25) is 14.5 Å². The fourth-order valence-electron chi connectivity index (χ4n) is 2.56. The standard InChI is InChI=1S/C20H19N3O2S3/c1-13(10-15-6-4-3-5-7-15)11-16-18(25)23(20(26)28-16)9-8-17(24)22-19-21-14(2)12-27-19/h3-7,10-12H,8-9H2,1-2H3,(H,21,22,24). The number of rotatable bonds is 6. The van der Waals surface area contributed by atoms with Crippen LogP contribution in [0, 0.1) is 6.92 Å². The first kappa shape index (κ1) is 20.4. The second kappa shape index (κ2) is 9.27. The van der Waals surface area contributed by atoms with Crippen LogP contribution in [0.4, 0.5) is 5.13 Å². The lowest BCUT2D eigenvalue weighted by molar-refractivity contribution is -0.122.